The van der Waals surface area contributed by atoms with Crippen molar-refractivity contribution in [1.82, 2.24) is 0 Å². The van der Waals surface area contributed by atoms with Crippen LogP contribution in [0.15, 0.2) is 0 Å². The van der Waals surface area contributed by atoms with Crippen LogP contribution >= 0.6 is 0 Å². The maximum Gasteiger partial charge on any atom is 0.130 e. The zero-order chi connectivity index (χ0) is 7.56. The molecule has 0 aromatic heterocycles. The van der Waals surface area contributed by atoms with E-state index in [1.807, 2.05) is 0 Å². The van der Waals surface area contributed by atoms with Gasteiger partial charge in [-0.05, 0) is 18.8 Å². The van der Waals surface area contributed by atoms with Crippen LogP contribution in [-0.2, 0) is 9.53 Å². The number of hydrogen-bond acceptors (Lipinski definition) is 2. The normalized spacial score (nSPS) is 32.6. The highest BCUT2D eigenvalue weighted by atomic mass is 16.5. The van der Waals surface area contributed by atoms with Gasteiger partial charge in [0, 0.05) is 13.0 Å². The predicted molar refractivity (Wildman–Crippen MR) is 38.8 cm³/mol. The smallest absolute Gasteiger partial charge is 0.130 e. The van der Waals surface area contributed by atoms with E-state index in [4.69, 9.17) is 4.74 Å². The van der Waals surface area contributed by atoms with Crippen molar-refractivity contribution < 1.29 is 9.53 Å². The molecule has 0 aliphatic carbocycles. The van der Waals surface area contributed by atoms with Crippen LogP contribution < -0.4 is 0 Å². The van der Waals surface area contributed by atoms with Gasteiger partial charge in [-0.25, -0.2) is 0 Å². The van der Waals surface area contributed by atoms with Gasteiger partial charge in [0.25, 0.3) is 0 Å². The SMILES string of the molecule is CC(=O)CC1COCC1C. The van der Waals surface area contributed by atoms with Crippen molar-refractivity contribution in [3.05, 3.63) is 0 Å². The second kappa shape index (κ2) is 3.15. The van der Waals surface area contributed by atoms with Gasteiger partial charge in [-0.15, -0.1) is 0 Å². The number of Topliss-reactive ketones (excluding diaryl/α,β-unsaturated/α-hetero) is 1. The van der Waals surface area contributed by atoms with Crippen molar-refractivity contribution in [2.24, 2.45) is 11.8 Å². The second-order valence-corrected chi connectivity index (χ2v) is 3.18. The molecule has 1 aliphatic heterocycles. The molecule has 2 atom stereocenters. The maximum absolute atomic E-state index is 10.7. The highest BCUT2D eigenvalue weighted by Gasteiger charge is 2.24. The molecule has 0 saturated carbocycles. The number of carbonyl (C=O) groups is 1. The van der Waals surface area contributed by atoms with Crippen LogP contribution in [0.3, 0.4) is 0 Å². The molecular weight excluding hydrogens is 128 g/mol. The number of hydrogen-bond donors (Lipinski definition) is 0. The van der Waals surface area contributed by atoms with Gasteiger partial charge in [0.1, 0.15) is 5.78 Å². The van der Waals surface area contributed by atoms with Gasteiger partial charge in [0.2, 0.25) is 0 Å². The molecule has 0 amide bonds. The Balaban J connectivity index is 2.33. The van der Waals surface area contributed by atoms with Gasteiger partial charge in [-0.3, -0.25) is 0 Å². The zero-order valence-corrected chi connectivity index (χ0v) is 6.59. The molecule has 0 radical (unpaired) electrons. The van der Waals surface area contributed by atoms with E-state index in [0.29, 0.717) is 18.3 Å². The summed E-state index contributed by atoms with van der Waals surface area (Å²) in [7, 11) is 0. The molecule has 1 aliphatic rings. The number of ketones is 1. The average molecular weight is 142 g/mol. The monoisotopic (exact) mass is 142 g/mol. The Morgan fingerprint density at radius 3 is 2.70 bits per heavy atom. The van der Waals surface area contributed by atoms with Crippen molar-refractivity contribution in [3.63, 3.8) is 0 Å². The first-order chi connectivity index (χ1) is 4.70. The van der Waals surface area contributed by atoms with E-state index in [0.717, 1.165) is 13.2 Å². The van der Waals surface area contributed by atoms with Gasteiger partial charge >= 0.3 is 0 Å². The van der Waals surface area contributed by atoms with E-state index in [9.17, 15) is 4.79 Å². The van der Waals surface area contributed by atoms with Gasteiger partial charge in [0.05, 0.1) is 6.61 Å². The molecule has 58 valence electrons. The quantitative estimate of drug-likeness (QED) is 0.580. The fourth-order valence-electron chi connectivity index (χ4n) is 1.33. The third-order valence-electron chi connectivity index (χ3n) is 2.07. The molecular formula is C8H14O2. The molecule has 1 saturated heterocycles. The van der Waals surface area contributed by atoms with E-state index in [-0.39, 0.29) is 5.78 Å². The van der Waals surface area contributed by atoms with E-state index in [1.54, 1.807) is 6.92 Å². The summed E-state index contributed by atoms with van der Waals surface area (Å²) in [5.74, 6) is 1.34. The molecule has 0 spiro atoms. The van der Waals surface area contributed by atoms with Crippen molar-refractivity contribution in [2.75, 3.05) is 13.2 Å². The summed E-state index contributed by atoms with van der Waals surface area (Å²) < 4.78 is 5.22. The summed E-state index contributed by atoms with van der Waals surface area (Å²) >= 11 is 0. The molecule has 0 bridgehead atoms. The molecule has 2 nitrogen and oxygen atoms in total. The van der Waals surface area contributed by atoms with Crippen LogP contribution in [-0.4, -0.2) is 19.0 Å². The van der Waals surface area contributed by atoms with Gasteiger partial charge in [-0.1, -0.05) is 6.92 Å². The Bertz CT molecular complexity index is 131. The Morgan fingerprint density at radius 2 is 2.30 bits per heavy atom. The van der Waals surface area contributed by atoms with E-state index in [2.05, 4.69) is 6.92 Å². The van der Waals surface area contributed by atoms with Crippen LogP contribution in [0, 0.1) is 11.8 Å². The van der Waals surface area contributed by atoms with Crippen LogP contribution in [0.2, 0.25) is 0 Å². The Hall–Kier alpha value is -0.370. The van der Waals surface area contributed by atoms with Crippen LogP contribution in [0.5, 0.6) is 0 Å². The molecule has 0 aromatic rings. The van der Waals surface area contributed by atoms with Gasteiger partial charge in [0.15, 0.2) is 0 Å². The van der Waals surface area contributed by atoms with Crippen molar-refractivity contribution >= 4 is 5.78 Å². The first-order valence-electron chi connectivity index (χ1n) is 3.77. The van der Waals surface area contributed by atoms with Crippen molar-refractivity contribution in [2.45, 2.75) is 20.3 Å². The Kier molecular flexibility index (Phi) is 2.44. The van der Waals surface area contributed by atoms with Gasteiger partial charge < -0.3 is 9.53 Å². The molecule has 10 heavy (non-hydrogen) atoms. The predicted octanol–water partition coefficient (Wildman–Crippen LogP) is 1.25. The lowest BCUT2D eigenvalue weighted by molar-refractivity contribution is -0.118. The fourth-order valence-corrected chi connectivity index (χ4v) is 1.33. The van der Waals surface area contributed by atoms with Crippen molar-refractivity contribution in [3.8, 4) is 0 Å². The van der Waals surface area contributed by atoms with Crippen LogP contribution in [0.25, 0.3) is 0 Å². The van der Waals surface area contributed by atoms with Crippen molar-refractivity contribution in [1.29, 1.82) is 0 Å². The Labute approximate surface area is 61.6 Å². The third kappa shape index (κ3) is 1.81. The molecule has 1 fully saturated rings. The summed E-state index contributed by atoms with van der Waals surface area (Å²) in [6.07, 6.45) is 0.696. The molecule has 2 heteroatoms. The highest BCUT2D eigenvalue weighted by Crippen LogP contribution is 2.22. The lowest BCUT2D eigenvalue weighted by Gasteiger charge is -2.09. The lowest BCUT2D eigenvalue weighted by Crippen LogP contribution is -2.12. The minimum absolute atomic E-state index is 0.280. The first-order valence-corrected chi connectivity index (χ1v) is 3.77. The Morgan fingerprint density at radius 1 is 1.60 bits per heavy atom. The van der Waals surface area contributed by atoms with Gasteiger partial charge in [-0.2, -0.15) is 0 Å². The summed E-state index contributed by atoms with van der Waals surface area (Å²) in [5, 5.41) is 0. The topological polar surface area (TPSA) is 26.3 Å². The molecule has 0 aromatic carbocycles. The lowest BCUT2D eigenvalue weighted by atomic mass is 9.93. The number of ether oxygens (including phenoxy) is 1. The summed E-state index contributed by atoms with van der Waals surface area (Å²) in [4.78, 5) is 10.7. The average Bonchev–Trinajstić information content (AvgIpc) is 2.15. The van der Waals surface area contributed by atoms with E-state index < -0.39 is 0 Å². The largest absolute Gasteiger partial charge is 0.381 e. The first kappa shape index (κ1) is 7.73. The van der Waals surface area contributed by atoms with Crippen LogP contribution in [0.1, 0.15) is 20.3 Å². The fraction of sp³-hybridized carbons (Fsp3) is 0.875. The third-order valence-corrected chi connectivity index (χ3v) is 2.07. The summed E-state index contributed by atoms with van der Waals surface area (Å²) in [5.41, 5.74) is 0. The molecule has 0 N–H and O–H groups in total. The maximum atomic E-state index is 10.7. The summed E-state index contributed by atoms with van der Waals surface area (Å²) in [6, 6.07) is 0. The molecule has 1 heterocycles. The minimum atomic E-state index is 0.280. The highest BCUT2D eigenvalue weighted by molar-refractivity contribution is 5.75. The second-order valence-electron chi connectivity index (χ2n) is 3.18. The molecule has 1 rings (SSSR count). The molecule has 2 unspecified atom stereocenters. The zero-order valence-electron chi connectivity index (χ0n) is 6.59. The minimum Gasteiger partial charge on any atom is -0.381 e. The number of carbonyl (C=O) groups excluding carboxylic acids is 1. The number of rotatable bonds is 2. The van der Waals surface area contributed by atoms with Crippen LogP contribution in [0.4, 0.5) is 0 Å². The van der Waals surface area contributed by atoms with E-state index >= 15 is 0 Å². The summed E-state index contributed by atoms with van der Waals surface area (Å²) in [6.45, 7) is 5.39. The van der Waals surface area contributed by atoms with E-state index in [1.165, 1.54) is 0 Å². The standard InChI is InChI=1S/C8H14O2/c1-6-4-10-5-8(6)3-7(2)9/h6,8H,3-5H2,1-2H3.